The van der Waals surface area contributed by atoms with Gasteiger partial charge in [0, 0.05) is 196 Å². The van der Waals surface area contributed by atoms with Crippen molar-refractivity contribution in [1.82, 2.24) is 63.7 Å². The van der Waals surface area contributed by atoms with Crippen molar-refractivity contribution in [3.05, 3.63) is 0 Å². The van der Waals surface area contributed by atoms with E-state index in [2.05, 4.69) is 43.4 Å². The fraction of sp³-hybridized carbons (Fsp3) is 0.796. The number of ether oxygens (including phenoxy) is 4. The number of hydrogen-bond donors (Lipinski definition) is 0. The van der Waals surface area contributed by atoms with Crippen LogP contribution in [0.5, 0.6) is 0 Å². The summed E-state index contributed by atoms with van der Waals surface area (Å²) in [6.07, 6.45) is 9.30. The highest BCUT2D eigenvalue weighted by molar-refractivity contribution is 8.13. The quantitative estimate of drug-likeness (QED) is 0.281. The third-order valence-corrected chi connectivity index (χ3v) is 9.25. The first-order valence-electron chi connectivity index (χ1n) is 23.4. The molecule has 0 heterocycles. The molecule has 498 valence electrons. The number of carbonyl (C=O) groups excluding carboxylic acids is 7. The van der Waals surface area contributed by atoms with E-state index < -0.39 is 9.84 Å². The molecule has 0 saturated heterocycles. The van der Waals surface area contributed by atoms with Crippen molar-refractivity contribution < 1.29 is 60.9 Å². The predicted octanol–water partition coefficient (Wildman–Crippen LogP) is 5.28. The van der Waals surface area contributed by atoms with Gasteiger partial charge in [0.1, 0.15) is 9.84 Å². The molecular formula is C49H117N13O13S7. The van der Waals surface area contributed by atoms with E-state index in [0.29, 0.717) is 10.3 Å². The van der Waals surface area contributed by atoms with Crippen LogP contribution in [0, 0.1) is 0 Å². The fourth-order valence-corrected chi connectivity index (χ4v) is 2.63. The summed E-state index contributed by atoms with van der Waals surface area (Å²) in [4.78, 5) is 93.2. The van der Waals surface area contributed by atoms with Gasteiger partial charge in [-0.1, -0.05) is 23.5 Å². The number of thiocarbonyl (C=S) groups is 3. The molecule has 33 heteroatoms. The third-order valence-electron chi connectivity index (χ3n) is 6.03. The minimum absolute atomic E-state index is 0.0185. The Labute approximate surface area is 529 Å². The van der Waals surface area contributed by atoms with Gasteiger partial charge in [0.15, 0.2) is 5.11 Å². The van der Waals surface area contributed by atoms with E-state index in [1.54, 1.807) is 171 Å². The molecule has 0 aromatic rings. The molecule has 0 atom stereocenters. The van der Waals surface area contributed by atoms with Crippen molar-refractivity contribution in [3.8, 4) is 0 Å². The fourth-order valence-electron chi connectivity index (χ4n) is 1.90. The molecule has 0 bridgehead atoms. The number of nitrogens with zero attached hydrogens (tertiary/aromatic N) is 13. The molecule has 0 aromatic heterocycles. The molecule has 0 aliphatic carbocycles. The molecule has 26 nitrogen and oxygen atoms in total. The molecule has 0 saturated carbocycles. The summed E-state index contributed by atoms with van der Waals surface area (Å²) in [7, 11) is 51.5. The van der Waals surface area contributed by atoms with E-state index in [4.69, 9.17) is 12.2 Å². The molecule has 82 heavy (non-hydrogen) atoms. The molecule has 0 rings (SSSR count). The predicted molar refractivity (Wildman–Crippen MR) is 365 cm³/mol. The largest absolute Gasteiger partial charge is 0.474 e. The lowest BCUT2D eigenvalue weighted by molar-refractivity contribution is -0.127. The van der Waals surface area contributed by atoms with Gasteiger partial charge in [-0.3, -0.25) is 19.2 Å². The van der Waals surface area contributed by atoms with Gasteiger partial charge >= 0.3 is 18.2 Å². The maximum absolute atomic E-state index is 10.7. The van der Waals surface area contributed by atoms with E-state index in [0.717, 1.165) is 17.6 Å². The van der Waals surface area contributed by atoms with Crippen LogP contribution in [0.2, 0.25) is 0 Å². The van der Waals surface area contributed by atoms with E-state index in [9.17, 15) is 42.0 Å². The van der Waals surface area contributed by atoms with Gasteiger partial charge in [0.25, 0.3) is 20.8 Å². The molecule has 0 N–H and O–H groups in total. The van der Waals surface area contributed by atoms with Gasteiger partial charge in [-0.2, -0.15) is 11.8 Å². The van der Waals surface area contributed by atoms with Crippen molar-refractivity contribution in [2.45, 2.75) is 13.8 Å². The number of methoxy groups -OCH3 is 4. The van der Waals surface area contributed by atoms with Crippen molar-refractivity contribution in [3.63, 3.8) is 0 Å². The van der Waals surface area contributed by atoms with Crippen molar-refractivity contribution in [2.24, 2.45) is 0 Å². The van der Waals surface area contributed by atoms with Crippen LogP contribution in [0.25, 0.3) is 0 Å². The SMILES string of the molecule is CC(=O)N(C)C.CC(=O)N(C)C.CN(C)C.CN(C)C(=O)N(C)C.CN(C)C(=S)N(C)C.COC(=O)N(C)C.COC(=O)N(C)C.COC(=S)N(C)C.COC(=S)N(C)C.CS(C)(=O)=O.CSC.CSC(=O)N(C)C.CSC(=O)N(C)C. The summed E-state index contributed by atoms with van der Waals surface area (Å²) in [5.74, 6) is 0.185. The van der Waals surface area contributed by atoms with Crippen LogP contribution in [0.15, 0.2) is 0 Å². The standard InChI is InChI=1S/C5H12N2O.C5H12N2S.2C4H9NO2.4C4H9NOS.2C4H9NO.C3H9N.C2H6O2S.C2H6S/c2*1-6(2)5(8)7(3)4;4*1-5(2)4(6)7-3;2*1-5(2)4(7)6-3;2*1-4(6)5(2)3;1-4(2)3;1-5(2,3)4;1-3-2/h2*1-4H3;6*1-3H3;2*1-3H3;1-3H3;1-2H3;1-2H3. The highest BCUT2D eigenvalue weighted by atomic mass is 32.2. The van der Waals surface area contributed by atoms with Crippen LogP contribution in [0.4, 0.5) is 24.0 Å². The van der Waals surface area contributed by atoms with Gasteiger partial charge < -0.3 is 82.6 Å². The van der Waals surface area contributed by atoms with E-state index in [1.165, 1.54) is 81.0 Å². The Morgan fingerprint density at radius 1 is 0.341 bits per heavy atom. The van der Waals surface area contributed by atoms with Crippen LogP contribution >= 0.6 is 71.9 Å². The molecule has 0 spiro atoms. The monoisotopic (exact) mass is 1320 g/mol. The van der Waals surface area contributed by atoms with Crippen LogP contribution < -0.4 is 0 Å². The Balaban J connectivity index is -0.0000000575. The zero-order valence-corrected chi connectivity index (χ0v) is 63.7. The maximum atomic E-state index is 10.7. The Morgan fingerprint density at radius 3 is 0.512 bits per heavy atom. The summed E-state index contributed by atoms with van der Waals surface area (Å²) in [6.45, 7) is 3.06. The molecule has 0 aromatic carbocycles. The van der Waals surface area contributed by atoms with E-state index >= 15 is 0 Å². The lowest BCUT2D eigenvalue weighted by atomic mass is 10.7. The lowest BCUT2D eigenvalue weighted by Gasteiger charge is -2.20. The number of hydrogen-bond acceptors (Lipinski definition) is 20. The molecule has 0 aliphatic rings. The molecule has 0 aliphatic heterocycles. The summed E-state index contributed by atoms with van der Waals surface area (Å²) in [5.41, 5.74) is 0. The molecular weight excluding hydrogens is 1200 g/mol. The Morgan fingerprint density at radius 2 is 0.512 bits per heavy atom. The second-order valence-electron chi connectivity index (χ2n) is 18.0. The first-order valence-corrected chi connectivity index (χ1v) is 31.0. The number of rotatable bonds is 0. The lowest BCUT2D eigenvalue weighted by Crippen LogP contribution is -2.33. The van der Waals surface area contributed by atoms with Crippen LogP contribution in [-0.2, 0) is 38.4 Å². The van der Waals surface area contributed by atoms with Gasteiger partial charge in [-0.15, -0.1) is 0 Å². The number of urea groups is 1. The van der Waals surface area contributed by atoms with Crippen LogP contribution in [0.3, 0.4) is 0 Å². The Bertz CT molecular complexity index is 1480. The number of thioether (sulfide) groups is 3. The van der Waals surface area contributed by atoms with Gasteiger partial charge in [-0.05, 0) is 82.8 Å². The zero-order valence-electron chi connectivity index (χ0n) is 58.0. The summed E-state index contributed by atoms with van der Waals surface area (Å²) < 4.78 is 37.2. The smallest absolute Gasteiger partial charge is 0.408 e. The summed E-state index contributed by atoms with van der Waals surface area (Å²) in [5, 5.41) is 2.07. The first-order chi connectivity index (χ1) is 36.6. The van der Waals surface area contributed by atoms with Crippen molar-refractivity contribution in [2.75, 3.05) is 256 Å². The Kier molecular flexibility index (Phi) is 97.0. The van der Waals surface area contributed by atoms with Crippen LogP contribution in [0.1, 0.15) is 13.8 Å². The van der Waals surface area contributed by atoms with Crippen molar-refractivity contribution in [1.29, 1.82) is 0 Å². The van der Waals surface area contributed by atoms with Crippen LogP contribution in [-0.4, -0.2) is 384 Å². The van der Waals surface area contributed by atoms with Gasteiger partial charge in [0.2, 0.25) is 11.8 Å². The molecule has 0 radical (unpaired) electrons. The maximum Gasteiger partial charge on any atom is 0.408 e. The van der Waals surface area contributed by atoms with Gasteiger partial charge in [0.05, 0.1) is 28.4 Å². The topological polar surface area (TPSA) is 233 Å². The summed E-state index contributed by atoms with van der Waals surface area (Å²) >= 11 is 18.5. The average Bonchev–Trinajstić information content (AvgIpc) is 3.34. The second-order valence-corrected chi connectivity index (χ2v) is 23.7. The molecule has 0 fully saturated rings. The number of amides is 8. The molecule has 0 unspecified atom stereocenters. The van der Waals surface area contributed by atoms with E-state index in [1.807, 2.05) is 105 Å². The molecule has 8 amide bonds. The summed E-state index contributed by atoms with van der Waals surface area (Å²) in [6, 6.07) is 0.0185. The minimum atomic E-state index is -2.67. The van der Waals surface area contributed by atoms with Crippen molar-refractivity contribution >= 4 is 138 Å². The van der Waals surface area contributed by atoms with E-state index in [-0.39, 0.29) is 40.5 Å². The number of sulfone groups is 1. The number of carbonyl (C=O) groups is 7. The minimum Gasteiger partial charge on any atom is -0.474 e. The zero-order chi connectivity index (χ0) is 69.7. The second kappa shape index (κ2) is 72.8. The van der Waals surface area contributed by atoms with Gasteiger partial charge in [-0.25, -0.2) is 22.8 Å². The highest BCUT2D eigenvalue weighted by Crippen LogP contribution is 1.98. The Hall–Kier alpha value is -4.28. The third kappa shape index (κ3) is 136. The average molecular weight is 1320 g/mol. The normalized spacial score (nSPS) is 8.29. The highest BCUT2D eigenvalue weighted by Gasteiger charge is 2.03. The first kappa shape index (κ1) is 109.